The van der Waals surface area contributed by atoms with Crippen LogP contribution in [0.25, 0.3) is 0 Å². The SMILES string of the molecule is COc1cc2cc(c1Cl)NC(=O)CC(OC(C)=O)[C@]1(C)O[C@H]1[C@H](C)[C@@H]1C[C@@](O)(NC(=O)O1)[C@H](OC)/C=C\C=C(\C)C2. The van der Waals surface area contributed by atoms with Crippen LogP contribution in [0.1, 0.15) is 46.1 Å². The fourth-order valence-electron chi connectivity index (χ4n) is 5.61. The lowest BCUT2D eigenvalue weighted by atomic mass is 9.83. The summed E-state index contributed by atoms with van der Waals surface area (Å²) in [6, 6.07) is 3.54. The largest absolute Gasteiger partial charge is 0.495 e. The van der Waals surface area contributed by atoms with Gasteiger partial charge in [0.05, 0.1) is 25.3 Å². The molecule has 0 radical (unpaired) electrons. The van der Waals surface area contributed by atoms with Crippen molar-refractivity contribution in [2.75, 3.05) is 19.5 Å². The van der Waals surface area contributed by atoms with Crippen molar-refractivity contribution in [2.24, 2.45) is 5.92 Å². The molecular weight excluding hydrogens is 556 g/mol. The number of carbonyl (C=O) groups excluding carboxylic acids is 3. The summed E-state index contributed by atoms with van der Waals surface area (Å²) in [5, 5.41) is 17.0. The van der Waals surface area contributed by atoms with Crippen LogP contribution in [-0.4, -0.2) is 73.0 Å². The third-order valence-electron chi connectivity index (χ3n) is 7.83. The fourth-order valence-corrected chi connectivity index (χ4v) is 5.84. The lowest BCUT2D eigenvalue weighted by Crippen LogP contribution is -2.63. The van der Waals surface area contributed by atoms with Crippen molar-refractivity contribution in [1.29, 1.82) is 0 Å². The summed E-state index contributed by atoms with van der Waals surface area (Å²) in [6.45, 7) is 6.73. The van der Waals surface area contributed by atoms with E-state index in [4.69, 9.17) is 35.3 Å². The van der Waals surface area contributed by atoms with Crippen LogP contribution < -0.4 is 15.4 Å². The molecule has 11 nitrogen and oxygen atoms in total. The Bertz CT molecular complexity index is 1270. The highest BCUT2D eigenvalue weighted by Gasteiger charge is 2.64. The Morgan fingerprint density at radius 2 is 1.98 bits per heavy atom. The van der Waals surface area contributed by atoms with E-state index in [0.717, 1.165) is 11.1 Å². The number of hydrogen-bond acceptors (Lipinski definition) is 9. The quantitative estimate of drug-likeness (QED) is 0.353. The van der Waals surface area contributed by atoms with E-state index in [1.165, 1.54) is 21.1 Å². The number of fused-ring (bicyclic) bond motifs is 5. The molecule has 0 saturated carbocycles. The zero-order valence-electron chi connectivity index (χ0n) is 24.0. The predicted octanol–water partition coefficient (Wildman–Crippen LogP) is 3.66. The molecule has 224 valence electrons. The number of ether oxygens (including phenoxy) is 5. The van der Waals surface area contributed by atoms with Crippen molar-refractivity contribution < 1.29 is 43.2 Å². The number of anilines is 1. The Kier molecular flexibility index (Phi) is 9.03. The molecule has 1 unspecified atom stereocenters. The second-order valence-electron chi connectivity index (χ2n) is 11.0. The molecule has 0 aromatic heterocycles. The van der Waals surface area contributed by atoms with Gasteiger partial charge in [-0.2, -0.15) is 0 Å². The normalized spacial score (nSPS) is 35.9. The number of hydrogen-bond donors (Lipinski definition) is 3. The van der Waals surface area contributed by atoms with Gasteiger partial charge in [-0.15, -0.1) is 0 Å². The molecule has 3 N–H and O–H groups in total. The molecule has 7 atom stereocenters. The Balaban J connectivity index is 1.75. The van der Waals surface area contributed by atoms with Gasteiger partial charge in [0.1, 0.15) is 34.7 Å². The number of esters is 1. The van der Waals surface area contributed by atoms with Gasteiger partial charge in [0.2, 0.25) is 5.91 Å². The number of epoxide rings is 1. The third-order valence-corrected chi connectivity index (χ3v) is 8.22. The number of nitrogens with one attached hydrogen (secondary N) is 2. The van der Waals surface area contributed by atoms with Crippen molar-refractivity contribution in [1.82, 2.24) is 5.32 Å². The van der Waals surface area contributed by atoms with Crippen molar-refractivity contribution in [3.63, 3.8) is 0 Å². The summed E-state index contributed by atoms with van der Waals surface area (Å²) in [4.78, 5) is 37.8. The molecule has 0 spiro atoms. The van der Waals surface area contributed by atoms with Crippen LogP contribution in [0.2, 0.25) is 5.02 Å². The highest BCUT2D eigenvalue weighted by Crippen LogP contribution is 2.49. The number of halogens is 1. The minimum Gasteiger partial charge on any atom is -0.495 e. The van der Waals surface area contributed by atoms with Gasteiger partial charge in [-0.1, -0.05) is 42.3 Å². The number of rotatable bonds is 3. The monoisotopic (exact) mass is 592 g/mol. The van der Waals surface area contributed by atoms with Gasteiger partial charge in [-0.25, -0.2) is 4.79 Å². The van der Waals surface area contributed by atoms with Crippen molar-refractivity contribution in [3.05, 3.63) is 46.5 Å². The Labute approximate surface area is 244 Å². The minimum absolute atomic E-state index is 0.00420. The van der Waals surface area contributed by atoms with Gasteiger partial charge < -0.3 is 34.1 Å². The molecular formula is C29H37ClN2O9. The molecule has 2 amide bonds. The van der Waals surface area contributed by atoms with Crippen molar-refractivity contribution >= 4 is 35.3 Å². The molecule has 2 fully saturated rings. The molecule has 4 rings (SSSR count). The molecule has 41 heavy (non-hydrogen) atoms. The van der Waals surface area contributed by atoms with E-state index in [-0.39, 0.29) is 17.9 Å². The van der Waals surface area contributed by atoms with E-state index in [9.17, 15) is 19.5 Å². The Morgan fingerprint density at radius 3 is 2.63 bits per heavy atom. The van der Waals surface area contributed by atoms with Crippen molar-refractivity contribution in [2.45, 2.75) is 82.7 Å². The lowest BCUT2D eigenvalue weighted by Gasteiger charge is -2.42. The van der Waals surface area contributed by atoms with Crippen LogP contribution in [0.4, 0.5) is 10.5 Å². The molecule has 3 aliphatic heterocycles. The highest BCUT2D eigenvalue weighted by molar-refractivity contribution is 6.35. The average Bonchev–Trinajstić information content (AvgIpc) is 3.58. The zero-order valence-corrected chi connectivity index (χ0v) is 24.7. The summed E-state index contributed by atoms with van der Waals surface area (Å²) < 4.78 is 28.1. The van der Waals surface area contributed by atoms with E-state index in [0.29, 0.717) is 17.9 Å². The molecule has 0 aliphatic carbocycles. The average molecular weight is 593 g/mol. The number of carbonyl (C=O) groups is 3. The Morgan fingerprint density at radius 1 is 1.24 bits per heavy atom. The maximum Gasteiger partial charge on any atom is 0.409 e. The number of benzene rings is 1. The molecule has 4 bridgehead atoms. The third kappa shape index (κ3) is 6.69. The first-order valence-corrected chi connectivity index (χ1v) is 13.8. The van der Waals surface area contributed by atoms with E-state index in [1.807, 2.05) is 19.9 Å². The second kappa shape index (κ2) is 12.0. The molecule has 12 heteroatoms. The van der Waals surface area contributed by atoms with Gasteiger partial charge in [-0.3, -0.25) is 14.9 Å². The summed E-state index contributed by atoms with van der Waals surface area (Å²) in [7, 11) is 2.93. The lowest BCUT2D eigenvalue weighted by molar-refractivity contribution is -0.151. The van der Waals surface area contributed by atoms with Crippen LogP contribution in [0, 0.1) is 5.92 Å². The summed E-state index contributed by atoms with van der Waals surface area (Å²) in [6.07, 6.45) is 1.61. The maximum atomic E-state index is 13.2. The summed E-state index contributed by atoms with van der Waals surface area (Å²) in [5.74, 6) is -1.06. The molecule has 1 aromatic rings. The van der Waals surface area contributed by atoms with Crippen molar-refractivity contribution in [3.8, 4) is 5.75 Å². The number of amides is 2. The van der Waals surface area contributed by atoms with Gasteiger partial charge in [0.25, 0.3) is 0 Å². The topological polar surface area (TPSA) is 145 Å². The number of alkyl carbamates (subject to hydrolysis) is 1. The first kappa shape index (κ1) is 30.8. The van der Waals surface area contributed by atoms with E-state index < -0.39 is 59.6 Å². The van der Waals surface area contributed by atoms with E-state index >= 15 is 0 Å². The molecule has 2 saturated heterocycles. The minimum atomic E-state index is -1.76. The Hall–Kier alpha value is -3.12. The zero-order chi connectivity index (χ0) is 30.1. The smallest absolute Gasteiger partial charge is 0.409 e. The first-order valence-electron chi connectivity index (χ1n) is 13.4. The van der Waals surface area contributed by atoms with Crippen LogP contribution >= 0.6 is 11.6 Å². The van der Waals surface area contributed by atoms with Crippen LogP contribution in [0.15, 0.2) is 35.9 Å². The van der Waals surface area contributed by atoms with Gasteiger partial charge in [0.15, 0.2) is 5.72 Å². The van der Waals surface area contributed by atoms with E-state index in [1.54, 1.807) is 31.2 Å². The van der Waals surface area contributed by atoms with Crippen LogP contribution in [0.5, 0.6) is 5.75 Å². The standard InChI is InChI=1S/C29H37ClN2O9/c1-15-8-7-9-22(38-6)29(36)14-21(40-27(35)32-29)16(2)26-28(4,41-26)23(39-17(3)33)13-24(34)31-19-11-18(10-15)12-20(37-5)25(19)30/h7-9,11-12,16,21-23,26,36H,10,13-14H2,1-6H3,(H,31,34)(H,32,35)/b9-7-,15-8-/t16-,21+,22-,23?,26+,28+,29+/m1/s1. The van der Waals surface area contributed by atoms with Crippen LogP contribution in [0.3, 0.4) is 0 Å². The molecule has 1 aromatic carbocycles. The number of methoxy groups -OCH3 is 2. The number of allylic oxidation sites excluding steroid dienone is 3. The fraction of sp³-hybridized carbons (Fsp3) is 0.552. The summed E-state index contributed by atoms with van der Waals surface area (Å²) >= 11 is 6.53. The number of aliphatic hydroxyl groups is 1. The van der Waals surface area contributed by atoms with Crippen LogP contribution in [-0.2, 0) is 35.0 Å². The van der Waals surface area contributed by atoms with Gasteiger partial charge in [-0.05, 0) is 38.0 Å². The predicted molar refractivity (Wildman–Crippen MR) is 150 cm³/mol. The maximum absolute atomic E-state index is 13.2. The summed E-state index contributed by atoms with van der Waals surface area (Å²) in [5.41, 5.74) is -0.681. The highest BCUT2D eigenvalue weighted by atomic mass is 35.5. The molecule has 3 heterocycles. The first-order chi connectivity index (χ1) is 19.3. The molecule has 3 aliphatic rings. The second-order valence-corrected chi connectivity index (χ2v) is 11.4. The van der Waals surface area contributed by atoms with Gasteiger partial charge >= 0.3 is 12.1 Å². The van der Waals surface area contributed by atoms with E-state index in [2.05, 4.69) is 10.6 Å². The van der Waals surface area contributed by atoms with Gasteiger partial charge in [0, 0.05) is 26.4 Å².